The maximum atomic E-state index is 9.04. The van der Waals surface area contributed by atoms with Gasteiger partial charge in [0.25, 0.3) is 0 Å². The first-order valence-corrected chi connectivity index (χ1v) is 4.45. The molecule has 0 bridgehead atoms. The minimum atomic E-state index is -0.500. The molecule has 1 aromatic rings. The molecule has 0 aliphatic heterocycles. The van der Waals surface area contributed by atoms with Crippen LogP contribution >= 0.6 is 0 Å². The third-order valence-corrected chi connectivity index (χ3v) is 1.80. The van der Waals surface area contributed by atoms with E-state index >= 15 is 0 Å². The van der Waals surface area contributed by atoms with Crippen LogP contribution in [0.3, 0.4) is 0 Å². The first-order valence-electron chi connectivity index (χ1n) is 4.45. The molecule has 1 aromatic carbocycles. The second-order valence-corrected chi connectivity index (χ2v) is 3.25. The van der Waals surface area contributed by atoms with Gasteiger partial charge in [-0.1, -0.05) is 6.07 Å². The second kappa shape index (κ2) is 4.64. The van der Waals surface area contributed by atoms with Gasteiger partial charge in [0, 0.05) is 0 Å². The largest absolute Gasteiger partial charge is 0.491 e. The van der Waals surface area contributed by atoms with E-state index in [0.717, 1.165) is 5.56 Å². The average molecular weight is 191 g/mol. The highest BCUT2D eigenvalue weighted by molar-refractivity contribution is 5.41. The van der Waals surface area contributed by atoms with Crippen LogP contribution in [0.15, 0.2) is 18.2 Å². The van der Waals surface area contributed by atoms with E-state index in [4.69, 9.17) is 15.1 Å². The van der Waals surface area contributed by atoms with Crippen molar-refractivity contribution in [3.05, 3.63) is 29.3 Å². The molecule has 74 valence electrons. The van der Waals surface area contributed by atoms with Crippen molar-refractivity contribution in [2.24, 2.45) is 0 Å². The van der Waals surface area contributed by atoms with E-state index in [2.05, 4.69) is 0 Å². The number of aryl methyl sites for hydroxylation is 1. The molecule has 1 rings (SSSR count). The highest BCUT2D eigenvalue weighted by Gasteiger charge is 2.03. The number of hydrogen-bond donors (Lipinski definition) is 1. The van der Waals surface area contributed by atoms with Crippen LogP contribution < -0.4 is 4.74 Å². The van der Waals surface area contributed by atoms with Crippen LogP contribution in [0.4, 0.5) is 0 Å². The molecule has 1 unspecified atom stereocenters. The minimum Gasteiger partial charge on any atom is -0.491 e. The lowest BCUT2D eigenvalue weighted by Crippen LogP contribution is -2.13. The van der Waals surface area contributed by atoms with Crippen molar-refractivity contribution >= 4 is 0 Å². The van der Waals surface area contributed by atoms with Gasteiger partial charge in [0.2, 0.25) is 0 Å². The van der Waals surface area contributed by atoms with Gasteiger partial charge in [-0.15, -0.1) is 0 Å². The lowest BCUT2D eigenvalue weighted by atomic mass is 10.1. The highest BCUT2D eigenvalue weighted by atomic mass is 16.5. The van der Waals surface area contributed by atoms with Gasteiger partial charge < -0.3 is 9.84 Å². The van der Waals surface area contributed by atoms with Crippen molar-refractivity contribution < 1.29 is 9.84 Å². The molecular weight excluding hydrogens is 178 g/mol. The van der Waals surface area contributed by atoms with E-state index in [1.54, 1.807) is 19.1 Å². The Bertz CT molecular complexity index is 353. The quantitative estimate of drug-likeness (QED) is 0.790. The number of rotatable bonds is 3. The molecule has 0 fully saturated rings. The lowest BCUT2D eigenvalue weighted by Gasteiger charge is -2.10. The molecule has 14 heavy (non-hydrogen) atoms. The third-order valence-electron chi connectivity index (χ3n) is 1.80. The fourth-order valence-corrected chi connectivity index (χ4v) is 1.04. The Balaban J connectivity index is 2.80. The van der Waals surface area contributed by atoms with Gasteiger partial charge in [0.05, 0.1) is 17.7 Å². The summed E-state index contributed by atoms with van der Waals surface area (Å²) >= 11 is 0. The SMILES string of the molecule is Cc1ccc(C#N)cc1OCC(C)O. The summed E-state index contributed by atoms with van der Waals surface area (Å²) in [6, 6.07) is 7.29. The average Bonchev–Trinajstić information content (AvgIpc) is 2.16. The van der Waals surface area contributed by atoms with Gasteiger partial charge in [-0.3, -0.25) is 0 Å². The van der Waals surface area contributed by atoms with Crippen LogP contribution in [0.1, 0.15) is 18.1 Å². The summed E-state index contributed by atoms with van der Waals surface area (Å²) in [5.41, 5.74) is 1.53. The number of benzene rings is 1. The number of aliphatic hydroxyl groups excluding tert-OH is 1. The topological polar surface area (TPSA) is 53.2 Å². The second-order valence-electron chi connectivity index (χ2n) is 3.25. The normalized spacial score (nSPS) is 11.9. The number of hydrogen-bond acceptors (Lipinski definition) is 3. The summed E-state index contributed by atoms with van der Waals surface area (Å²) in [4.78, 5) is 0. The van der Waals surface area contributed by atoms with Gasteiger partial charge in [-0.2, -0.15) is 5.26 Å². The smallest absolute Gasteiger partial charge is 0.123 e. The maximum absolute atomic E-state index is 9.04. The van der Waals surface area contributed by atoms with E-state index < -0.39 is 6.10 Å². The van der Waals surface area contributed by atoms with Crippen molar-refractivity contribution in [1.82, 2.24) is 0 Å². The zero-order chi connectivity index (χ0) is 10.6. The van der Waals surface area contributed by atoms with E-state index in [9.17, 15) is 0 Å². The first kappa shape index (κ1) is 10.6. The van der Waals surface area contributed by atoms with Crippen LogP contribution in [-0.4, -0.2) is 17.8 Å². The number of nitrogens with zero attached hydrogens (tertiary/aromatic N) is 1. The zero-order valence-electron chi connectivity index (χ0n) is 8.32. The zero-order valence-corrected chi connectivity index (χ0v) is 8.32. The predicted octanol–water partition coefficient (Wildman–Crippen LogP) is 1.63. The van der Waals surface area contributed by atoms with Crippen molar-refractivity contribution in [1.29, 1.82) is 5.26 Å². The van der Waals surface area contributed by atoms with Crippen molar-refractivity contribution in [2.75, 3.05) is 6.61 Å². The van der Waals surface area contributed by atoms with Crippen LogP contribution in [0.5, 0.6) is 5.75 Å². The molecule has 1 atom stereocenters. The van der Waals surface area contributed by atoms with Crippen molar-refractivity contribution in [2.45, 2.75) is 20.0 Å². The fraction of sp³-hybridized carbons (Fsp3) is 0.364. The Kier molecular flexibility index (Phi) is 3.49. The van der Waals surface area contributed by atoms with Crippen LogP contribution in [-0.2, 0) is 0 Å². The molecule has 3 heteroatoms. The Morgan fingerprint density at radius 1 is 1.57 bits per heavy atom. The first-order chi connectivity index (χ1) is 6.63. The summed E-state index contributed by atoms with van der Waals surface area (Å²) in [5, 5.41) is 17.7. The van der Waals surface area contributed by atoms with E-state index in [1.165, 1.54) is 0 Å². The molecule has 0 aliphatic carbocycles. The summed E-state index contributed by atoms with van der Waals surface area (Å²) in [6.45, 7) is 3.80. The predicted molar refractivity (Wildman–Crippen MR) is 53.1 cm³/mol. The molecule has 3 nitrogen and oxygen atoms in total. The lowest BCUT2D eigenvalue weighted by molar-refractivity contribution is 0.122. The van der Waals surface area contributed by atoms with Gasteiger partial charge >= 0.3 is 0 Å². The fourth-order valence-electron chi connectivity index (χ4n) is 1.04. The van der Waals surface area contributed by atoms with Gasteiger partial charge in [-0.25, -0.2) is 0 Å². The molecule has 0 saturated heterocycles. The van der Waals surface area contributed by atoms with Crippen LogP contribution in [0.2, 0.25) is 0 Å². The van der Waals surface area contributed by atoms with Crippen LogP contribution in [0, 0.1) is 18.3 Å². The Morgan fingerprint density at radius 2 is 2.29 bits per heavy atom. The Hall–Kier alpha value is -1.53. The molecule has 0 radical (unpaired) electrons. The number of aliphatic hydroxyl groups is 1. The van der Waals surface area contributed by atoms with E-state index in [-0.39, 0.29) is 6.61 Å². The molecule has 0 aliphatic rings. The van der Waals surface area contributed by atoms with Crippen molar-refractivity contribution in [3.8, 4) is 11.8 Å². The van der Waals surface area contributed by atoms with E-state index in [1.807, 2.05) is 19.1 Å². The monoisotopic (exact) mass is 191 g/mol. The third kappa shape index (κ3) is 2.75. The van der Waals surface area contributed by atoms with E-state index in [0.29, 0.717) is 11.3 Å². The number of ether oxygens (including phenoxy) is 1. The molecule has 0 saturated carbocycles. The molecule has 0 heterocycles. The standard InChI is InChI=1S/C11H13NO2/c1-8-3-4-10(6-12)5-11(8)14-7-9(2)13/h3-5,9,13H,7H2,1-2H3. The summed E-state index contributed by atoms with van der Waals surface area (Å²) in [7, 11) is 0. The number of nitriles is 1. The maximum Gasteiger partial charge on any atom is 0.123 e. The molecule has 1 N–H and O–H groups in total. The van der Waals surface area contributed by atoms with Gasteiger partial charge in [0.15, 0.2) is 0 Å². The molecule has 0 aromatic heterocycles. The van der Waals surface area contributed by atoms with Gasteiger partial charge in [-0.05, 0) is 31.5 Å². The molecular formula is C11H13NO2. The Labute approximate surface area is 83.6 Å². The summed E-state index contributed by atoms with van der Waals surface area (Å²) in [6.07, 6.45) is -0.500. The molecule has 0 amide bonds. The molecule has 0 spiro atoms. The highest BCUT2D eigenvalue weighted by Crippen LogP contribution is 2.19. The van der Waals surface area contributed by atoms with Crippen molar-refractivity contribution in [3.63, 3.8) is 0 Å². The Morgan fingerprint density at radius 3 is 2.86 bits per heavy atom. The minimum absolute atomic E-state index is 0.246. The van der Waals surface area contributed by atoms with Gasteiger partial charge in [0.1, 0.15) is 12.4 Å². The summed E-state index contributed by atoms with van der Waals surface area (Å²) in [5.74, 6) is 0.657. The summed E-state index contributed by atoms with van der Waals surface area (Å²) < 4.78 is 5.34. The van der Waals surface area contributed by atoms with Crippen LogP contribution in [0.25, 0.3) is 0 Å².